The molecule has 0 bridgehead atoms. The van der Waals surface area contributed by atoms with E-state index in [1.165, 1.54) is 25.7 Å². The van der Waals surface area contributed by atoms with Gasteiger partial charge in [-0.2, -0.15) is 0 Å². The molecule has 6 N–H and O–H groups in total. The lowest BCUT2D eigenvalue weighted by atomic mass is 9.82. The summed E-state index contributed by atoms with van der Waals surface area (Å²) in [4.78, 5) is 0. The van der Waals surface area contributed by atoms with Crippen LogP contribution in [0.25, 0.3) is 0 Å². The van der Waals surface area contributed by atoms with E-state index < -0.39 is 0 Å². The predicted octanol–water partition coefficient (Wildman–Crippen LogP) is 0.666. The molecule has 0 saturated heterocycles. The first kappa shape index (κ1) is 15.9. The Kier molecular flexibility index (Phi) is 7.82. The number of nitrogens with one attached hydrogen (secondary N) is 2. The zero-order valence-corrected chi connectivity index (χ0v) is 12.1. The van der Waals surface area contributed by atoms with Crippen molar-refractivity contribution in [2.75, 3.05) is 26.2 Å². The number of hydrogen-bond donors (Lipinski definition) is 4. The molecule has 2 atom stereocenters. The third-order valence-electron chi connectivity index (χ3n) is 3.76. The maximum Gasteiger partial charge on any atom is 0.0136 e. The average molecular weight is 256 g/mol. The van der Waals surface area contributed by atoms with Crippen LogP contribution in [0.3, 0.4) is 0 Å². The van der Waals surface area contributed by atoms with Crippen LogP contribution in [0.2, 0.25) is 0 Å². The molecule has 108 valence electrons. The van der Waals surface area contributed by atoms with Gasteiger partial charge in [0.25, 0.3) is 0 Å². The summed E-state index contributed by atoms with van der Waals surface area (Å²) < 4.78 is 0. The van der Waals surface area contributed by atoms with E-state index in [2.05, 4.69) is 10.6 Å². The van der Waals surface area contributed by atoms with E-state index in [1.807, 2.05) is 13.8 Å². The summed E-state index contributed by atoms with van der Waals surface area (Å²) in [6, 6.07) is 0.535. The van der Waals surface area contributed by atoms with E-state index in [-0.39, 0.29) is 12.1 Å². The Bertz CT molecular complexity index is 176. The topological polar surface area (TPSA) is 76.1 Å². The third kappa shape index (κ3) is 7.31. The van der Waals surface area contributed by atoms with Crippen LogP contribution in [0.1, 0.15) is 39.5 Å². The van der Waals surface area contributed by atoms with Crippen LogP contribution in [0, 0.1) is 11.8 Å². The van der Waals surface area contributed by atoms with Gasteiger partial charge in [0.05, 0.1) is 0 Å². The van der Waals surface area contributed by atoms with Crippen molar-refractivity contribution in [2.45, 2.75) is 51.6 Å². The second-order valence-corrected chi connectivity index (χ2v) is 6.16. The smallest absolute Gasteiger partial charge is 0.0136 e. The van der Waals surface area contributed by atoms with Crippen molar-refractivity contribution < 1.29 is 0 Å². The number of hydrogen-bond acceptors (Lipinski definition) is 4. The normalized spacial score (nSPS) is 28.0. The lowest BCUT2D eigenvalue weighted by Crippen LogP contribution is -2.37. The van der Waals surface area contributed by atoms with E-state index >= 15 is 0 Å². The molecule has 18 heavy (non-hydrogen) atoms. The van der Waals surface area contributed by atoms with Crippen molar-refractivity contribution in [1.29, 1.82) is 0 Å². The largest absolute Gasteiger partial charge is 0.327 e. The van der Waals surface area contributed by atoms with Crippen LogP contribution in [-0.2, 0) is 0 Å². The second kappa shape index (κ2) is 8.86. The monoisotopic (exact) mass is 256 g/mol. The molecule has 0 radical (unpaired) electrons. The standard InChI is InChI=1S/C14H32N4/c1-11(15)7-17-9-13-3-5-14(6-4-13)10-18-8-12(2)16/h11-14,17-18H,3-10,15-16H2,1-2H3. The van der Waals surface area contributed by atoms with Crippen molar-refractivity contribution >= 4 is 0 Å². The average Bonchev–Trinajstić information content (AvgIpc) is 2.30. The fourth-order valence-electron chi connectivity index (χ4n) is 2.67. The van der Waals surface area contributed by atoms with Gasteiger partial charge >= 0.3 is 0 Å². The van der Waals surface area contributed by atoms with Gasteiger partial charge in [-0.1, -0.05) is 0 Å². The summed E-state index contributed by atoms with van der Waals surface area (Å²) in [7, 11) is 0. The lowest BCUT2D eigenvalue weighted by Gasteiger charge is -2.29. The van der Waals surface area contributed by atoms with Gasteiger partial charge in [-0.15, -0.1) is 0 Å². The maximum atomic E-state index is 5.73. The molecule has 1 aliphatic carbocycles. The van der Waals surface area contributed by atoms with E-state index in [4.69, 9.17) is 11.5 Å². The Morgan fingerprint density at radius 2 is 1.17 bits per heavy atom. The summed E-state index contributed by atoms with van der Waals surface area (Å²) in [5.74, 6) is 1.71. The molecule has 1 saturated carbocycles. The van der Waals surface area contributed by atoms with Gasteiger partial charge in [-0.3, -0.25) is 0 Å². The predicted molar refractivity (Wildman–Crippen MR) is 78.5 cm³/mol. The minimum absolute atomic E-state index is 0.267. The van der Waals surface area contributed by atoms with Crippen LogP contribution in [-0.4, -0.2) is 38.3 Å². The SMILES string of the molecule is CC(N)CNCC1CCC(CNCC(C)N)CC1. The molecule has 4 nitrogen and oxygen atoms in total. The van der Waals surface area contributed by atoms with Gasteiger partial charge in [0.1, 0.15) is 0 Å². The number of nitrogens with two attached hydrogens (primary N) is 2. The van der Waals surface area contributed by atoms with Gasteiger partial charge in [-0.25, -0.2) is 0 Å². The first-order valence-corrected chi connectivity index (χ1v) is 7.50. The Hall–Kier alpha value is -0.160. The summed E-state index contributed by atoms with van der Waals surface area (Å²) >= 11 is 0. The summed E-state index contributed by atoms with van der Waals surface area (Å²) in [6.07, 6.45) is 5.43. The van der Waals surface area contributed by atoms with E-state index in [0.717, 1.165) is 38.0 Å². The van der Waals surface area contributed by atoms with Gasteiger partial charge in [0, 0.05) is 25.2 Å². The van der Waals surface area contributed by atoms with Crippen molar-refractivity contribution in [3.63, 3.8) is 0 Å². The first-order chi connectivity index (χ1) is 8.58. The zero-order chi connectivity index (χ0) is 13.4. The van der Waals surface area contributed by atoms with E-state index in [0.29, 0.717) is 0 Å². The van der Waals surface area contributed by atoms with Crippen LogP contribution >= 0.6 is 0 Å². The van der Waals surface area contributed by atoms with Crippen LogP contribution in [0.4, 0.5) is 0 Å². The molecular weight excluding hydrogens is 224 g/mol. The molecule has 0 heterocycles. The van der Waals surface area contributed by atoms with E-state index in [9.17, 15) is 0 Å². The molecule has 0 spiro atoms. The van der Waals surface area contributed by atoms with Crippen LogP contribution in [0.5, 0.6) is 0 Å². The highest BCUT2D eigenvalue weighted by atomic mass is 14.9. The van der Waals surface area contributed by atoms with Crippen molar-refractivity contribution in [3.8, 4) is 0 Å². The van der Waals surface area contributed by atoms with E-state index in [1.54, 1.807) is 0 Å². The molecule has 1 fully saturated rings. The summed E-state index contributed by atoms with van der Waals surface area (Å²) in [5, 5.41) is 6.94. The molecule has 1 rings (SSSR count). The maximum absolute atomic E-state index is 5.73. The molecule has 0 aliphatic heterocycles. The summed E-state index contributed by atoms with van der Waals surface area (Å²) in [6.45, 7) is 8.26. The first-order valence-electron chi connectivity index (χ1n) is 7.50. The molecular formula is C14H32N4. The molecule has 2 unspecified atom stereocenters. The van der Waals surface area contributed by atoms with Crippen molar-refractivity contribution in [3.05, 3.63) is 0 Å². The van der Waals surface area contributed by atoms with Crippen molar-refractivity contribution in [1.82, 2.24) is 10.6 Å². The Morgan fingerprint density at radius 1 is 0.833 bits per heavy atom. The minimum Gasteiger partial charge on any atom is -0.327 e. The molecule has 4 heteroatoms. The minimum atomic E-state index is 0.267. The highest BCUT2D eigenvalue weighted by Gasteiger charge is 2.20. The van der Waals surface area contributed by atoms with Gasteiger partial charge in [-0.05, 0) is 64.5 Å². The molecule has 0 amide bonds. The van der Waals surface area contributed by atoms with Crippen LogP contribution < -0.4 is 22.1 Å². The Labute approximate surface area is 112 Å². The second-order valence-electron chi connectivity index (χ2n) is 6.16. The molecule has 0 aromatic rings. The summed E-state index contributed by atoms with van der Waals surface area (Å²) in [5.41, 5.74) is 11.5. The fraction of sp³-hybridized carbons (Fsp3) is 1.00. The van der Waals surface area contributed by atoms with Crippen LogP contribution in [0.15, 0.2) is 0 Å². The zero-order valence-electron chi connectivity index (χ0n) is 12.1. The van der Waals surface area contributed by atoms with Gasteiger partial charge < -0.3 is 22.1 Å². The third-order valence-corrected chi connectivity index (χ3v) is 3.76. The van der Waals surface area contributed by atoms with Gasteiger partial charge in [0.2, 0.25) is 0 Å². The van der Waals surface area contributed by atoms with Gasteiger partial charge in [0.15, 0.2) is 0 Å². The molecule has 0 aromatic heterocycles. The highest BCUT2D eigenvalue weighted by Crippen LogP contribution is 2.27. The lowest BCUT2D eigenvalue weighted by molar-refractivity contribution is 0.260. The van der Waals surface area contributed by atoms with Crippen molar-refractivity contribution in [2.24, 2.45) is 23.3 Å². The molecule has 1 aliphatic rings. The Morgan fingerprint density at radius 3 is 1.44 bits per heavy atom. The quantitative estimate of drug-likeness (QED) is 0.515. The Balaban J connectivity index is 2.02. The fourth-order valence-corrected chi connectivity index (χ4v) is 2.67. The number of rotatable bonds is 8. The highest BCUT2D eigenvalue weighted by molar-refractivity contribution is 4.76. The molecule has 0 aromatic carbocycles.